The zero-order valence-electron chi connectivity index (χ0n) is 13.0. The number of nitrogens with one attached hydrogen (secondary N) is 1. The lowest BCUT2D eigenvalue weighted by Gasteiger charge is -2.07. The first-order valence-corrected chi connectivity index (χ1v) is 7.82. The summed E-state index contributed by atoms with van der Waals surface area (Å²) in [7, 11) is 0. The van der Waals surface area contributed by atoms with Gasteiger partial charge in [0.15, 0.2) is 0 Å². The van der Waals surface area contributed by atoms with E-state index in [2.05, 4.69) is 46.1 Å². The Balaban J connectivity index is 1.54. The first kappa shape index (κ1) is 13.8. The van der Waals surface area contributed by atoms with Gasteiger partial charge in [0.2, 0.25) is 0 Å². The van der Waals surface area contributed by atoms with E-state index in [4.69, 9.17) is 10.2 Å². The first-order chi connectivity index (χ1) is 11.2. The fraction of sp³-hybridized carbons (Fsp3) is 0.278. The van der Waals surface area contributed by atoms with Crippen molar-refractivity contribution < 1.29 is 0 Å². The SMILES string of the molecule is Cc1nc2cc(CNc3ccc(C#N)cn3)ccc2n1C1CC1. The van der Waals surface area contributed by atoms with Crippen molar-refractivity contribution >= 4 is 16.9 Å². The summed E-state index contributed by atoms with van der Waals surface area (Å²) in [6.45, 7) is 2.76. The zero-order chi connectivity index (χ0) is 15.8. The Bertz CT molecular complexity index is 898. The van der Waals surface area contributed by atoms with Gasteiger partial charge in [-0.3, -0.25) is 0 Å². The average Bonchev–Trinajstić information content (AvgIpc) is 3.35. The molecule has 0 aliphatic heterocycles. The summed E-state index contributed by atoms with van der Waals surface area (Å²) in [5, 5.41) is 12.1. The number of nitriles is 1. The first-order valence-electron chi connectivity index (χ1n) is 7.82. The molecule has 1 aromatic carbocycles. The minimum absolute atomic E-state index is 0.568. The van der Waals surface area contributed by atoms with Crippen LogP contribution in [0.5, 0.6) is 0 Å². The highest BCUT2D eigenvalue weighted by atomic mass is 15.1. The molecule has 114 valence electrons. The van der Waals surface area contributed by atoms with Crippen LogP contribution in [0.3, 0.4) is 0 Å². The number of imidazole rings is 1. The monoisotopic (exact) mass is 303 g/mol. The van der Waals surface area contributed by atoms with Crippen LogP contribution in [-0.4, -0.2) is 14.5 Å². The molecular formula is C18H17N5. The minimum atomic E-state index is 0.568. The lowest BCUT2D eigenvalue weighted by molar-refractivity contribution is 0.734. The number of nitrogens with zero attached hydrogens (tertiary/aromatic N) is 4. The van der Waals surface area contributed by atoms with Gasteiger partial charge in [0.25, 0.3) is 0 Å². The third kappa shape index (κ3) is 2.64. The molecule has 5 heteroatoms. The van der Waals surface area contributed by atoms with Gasteiger partial charge in [-0.25, -0.2) is 9.97 Å². The van der Waals surface area contributed by atoms with Gasteiger partial charge in [-0.1, -0.05) is 6.07 Å². The van der Waals surface area contributed by atoms with Gasteiger partial charge in [0, 0.05) is 18.8 Å². The molecule has 4 rings (SSSR count). The van der Waals surface area contributed by atoms with E-state index >= 15 is 0 Å². The minimum Gasteiger partial charge on any atom is -0.366 e. The molecule has 3 aromatic rings. The summed E-state index contributed by atoms with van der Waals surface area (Å²) >= 11 is 0. The molecule has 0 amide bonds. The largest absolute Gasteiger partial charge is 0.366 e. The molecule has 0 unspecified atom stereocenters. The third-order valence-electron chi connectivity index (χ3n) is 4.21. The van der Waals surface area contributed by atoms with Crippen LogP contribution in [-0.2, 0) is 6.54 Å². The molecule has 0 bridgehead atoms. The molecule has 2 aromatic heterocycles. The normalized spacial score (nSPS) is 13.9. The standard InChI is InChI=1S/C18H17N5/c1-12-22-16-8-13(2-6-17(16)23(12)15-4-5-15)10-20-18-7-3-14(9-19)11-21-18/h2-3,6-8,11,15H,4-5,10H2,1H3,(H,20,21). The van der Waals surface area contributed by atoms with Crippen molar-refractivity contribution in [3.63, 3.8) is 0 Å². The van der Waals surface area contributed by atoms with Crippen molar-refractivity contribution in [2.24, 2.45) is 0 Å². The van der Waals surface area contributed by atoms with Crippen LogP contribution in [0.1, 0.15) is 35.8 Å². The summed E-state index contributed by atoms with van der Waals surface area (Å²) in [6, 6.07) is 12.7. The van der Waals surface area contributed by atoms with Crippen molar-refractivity contribution in [2.45, 2.75) is 32.4 Å². The lowest BCUT2D eigenvalue weighted by atomic mass is 10.2. The number of rotatable bonds is 4. The molecule has 0 atom stereocenters. The summed E-state index contributed by atoms with van der Waals surface area (Å²) in [4.78, 5) is 8.92. The molecule has 0 saturated heterocycles. The number of aromatic nitrogens is 3. The van der Waals surface area contributed by atoms with Crippen molar-refractivity contribution in [2.75, 3.05) is 5.32 Å². The lowest BCUT2D eigenvalue weighted by Crippen LogP contribution is -2.01. The molecule has 1 fully saturated rings. The van der Waals surface area contributed by atoms with E-state index in [1.807, 2.05) is 6.07 Å². The van der Waals surface area contributed by atoms with Gasteiger partial charge < -0.3 is 9.88 Å². The Morgan fingerprint density at radius 2 is 2.17 bits per heavy atom. The molecule has 1 saturated carbocycles. The van der Waals surface area contributed by atoms with Crippen LogP contribution < -0.4 is 5.32 Å². The second kappa shape index (κ2) is 5.40. The Hall–Kier alpha value is -2.87. The summed E-state index contributed by atoms with van der Waals surface area (Å²) in [5.74, 6) is 1.87. The summed E-state index contributed by atoms with van der Waals surface area (Å²) in [6.07, 6.45) is 4.10. The molecule has 1 N–H and O–H groups in total. The number of aryl methyl sites for hydroxylation is 1. The van der Waals surface area contributed by atoms with Crippen LogP contribution in [0.2, 0.25) is 0 Å². The second-order valence-electron chi connectivity index (χ2n) is 5.98. The molecular weight excluding hydrogens is 286 g/mol. The van der Waals surface area contributed by atoms with E-state index in [0.29, 0.717) is 18.2 Å². The predicted octanol–water partition coefficient (Wildman–Crippen LogP) is 3.56. The number of benzene rings is 1. The molecule has 5 nitrogen and oxygen atoms in total. The van der Waals surface area contributed by atoms with Crippen LogP contribution >= 0.6 is 0 Å². The van der Waals surface area contributed by atoms with E-state index in [9.17, 15) is 0 Å². The fourth-order valence-corrected chi connectivity index (χ4v) is 2.93. The third-order valence-corrected chi connectivity index (χ3v) is 4.21. The highest BCUT2D eigenvalue weighted by Gasteiger charge is 2.26. The molecule has 1 aliphatic carbocycles. The van der Waals surface area contributed by atoms with Crippen molar-refractivity contribution in [1.82, 2.24) is 14.5 Å². The number of fused-ring (bicyclic) bond motifs is 1. The maximum Gasteiger partial charge on any atom is 0.126 e. The van der Waals surface area contributed by atoms with Crippen LogP contribution in [0.15, 0.2) is 36.5 Å². The summed E-state index contributed by atoms with van der Waals surface area (Å²) in [5.41, 5.74) is 4.02. The van der Waals surface area contributed by atoms with Crippen LogP contribution in [0.4, 0.5) is 5.82 Å². The molecule has 0 radical (unpaired) electrons. The van der Waals surface area contributed by atoms with E-state index in [0.717, 1.165) is 17.2 Å². The highest BCUT2D eigenvalue weighted by molar-refractivity contribution is 5.77. The van der Waals surface area contributed by atoms with E-state index < -0.39 is 0 Å². The highest BCUT2D eigenvalue weighted by Crippen LogP contribution is 2.38. The maximum absolute atomic E-state index is 8.79. The topological polar surface area (TPSA) is 66.5 Å². The average molecular weight is 303 g/mol. The van der Waals surface area contributed by atoms with Crippen LogP contribution in [0, 0.1) is 18.3 Å². The smallest absolute Gasteiger partial charge is 0.126 e. The van der Waals surface area contributed by atoms with Gasteiger partial charge in [-0.2, -0.15) is 5.26 Å². The Kier molecular flexibility index (Phi) is 3.23. The number of hydrogen-bond donors (Lipinski definition) is 1. The Morgan fingerprint density at radius 3 is 2.87 bits per heavy atom. The van der Waals surface area contributed by atoms with Gasteiger partial charge >= 0.3 is 0 Å². The Labute approximate surface area is 134 Å². The fourth-order valence-electron chi connectivity index (χ4n) is 2.93. The van der Waals surface area contributed by atoms with E-state index in [1.165, 1.54) is 23.9 Å². The van der Waals surface area contributed by atoms with Crippen molar-refractivity contribution in [3.05, 3.63) is 53.5 Å². The zero-order valence-corrected chi connectivity index (χ0v) is 13.0. The van der Waals surface area contributed by atoms with Crippen LogP contribution in [0.25, 0.3) is 11.0 Å². The van der Waals surface area contributed by atoms with E-state index in [1.54, 1.807) is 12.3 Å². The molecule has 2 heterocycles. The van der Waals surface area contributed by atoms with Gasteiger partial charge in [-0.15, -0.1) is 0 Å². The second-order valence-corrected chi connectivity index (χ2v) is 5.98. The number of anilines is 1. The number of hydrogen-bond acceptors (Lipinski definition) is 4. The molecule has 23 heavy (non-hydrogen) atoms. The summed E-state index contributed by atoms with van der Waals surface area (Å²) < 4.78 is 2.36. The Morgan fingerprint density at radius 1 is 1.30 bits per heavy atom. The van der Waals surface area contributed by atoms with Gasteiger partial charge in [-0.05, 0) is 49.6 Å². The van der Waals surface area contributed by atoms with E-state index in [-0.39, 0.29) is 0 Å². The molecule has 0 spiro atoms. The van der Waals surface area contributed by atoms with Gasteiger partial charge in [0.05, 0.1) is 16.6 Å². The predicted molar refractivity (Wildman–Crippen MR) is 89.0 cm³/mol. The number of pyridine rings is 1. The molecule has 1 aliphatic rings. The quantitative estimate of drug-likeness (QED) is 0.800. The van der Waals surface area contributed by atoms with Crippen molar-refractivity contribution in [3.8, 4) is 6.07 Å². The maximum atomic E-state index is 8.79. The van der Waals surface area contributed by atoms with Crippen molar-refractivity contribution in [1.29, 1.82) is 5.26 Å². The van der Waals surface area contributed by atoms with Gasteiger partial charge in [0.1, 0.15) is 17.7 Å².